The standard InChI is InChI=1S/C20H38F12Si4/c1-8-9-15(21,22)17(25,26)19(29,30)20(31,32)18(27,28)16(23,24)10-11-36(12-33(2)3,13-34(4)5)14-35(6)7/h33-35H,8-14H2,1-7H3. The Morgan fingerprint density at radius 1 is 0.472 bits per heavy atom. The summed E-state index contributed by atoms with van der Waals surface area (Å²) in [6.45, 7) is 12.5. The van der Waals surface area contributed by atoms with Crippen molar-refractivity contribution in [3.63, 3.8) is 0 Å². The molecule has 16 heteroatoms. The topological polar surface area (TPSA) is 0 Å². The van der Waals surface area contributed by atoms with E-state index in [4.69, 9.17) is 0 Å². The van der Waals surface area contributed by atoms with Crippen LogP contribution in [0.25, 0.3) is 0 Å². The largest absolute Gasteiger partial charge is 0.384 e. The smallest absolute Gasteiger partial charge is 0.200 e. The molecule has 0 aliphatic carbocycles. The maximum Gasteiger partial charge on any atom is 0.384 e. The van der Waals surface area contributed by atoms with Crippen LogP contribution in [0.2, 0.25) is 62.3 Å². The second-order valence-electron chi connectivity index (χ2n) is 11.3. The van der Waals surface area contributed by atoms with E-state index in [0.717, 1.165) is 6.92 Å². The Morgan fingerprint density at radius 3 is 1.00 bits per heavy atom. The van der Waals surface area contributed by atoms with E-state index >= 15 is 0 Å². The summed E-state index contributed by atoms with van der Waals surface area (Å²) < 4.78 is 170. The molecule has 0 aromatic carbocycles. The van der Waals surface area contributed by atoms with Crippen molar-refractivity contribution in [2.75, 3.05) is 0 Å². The first-order chi connectivity index (χ1) is 15.8. The summed E-state index contributed by atoms with van der Waals surface area (Å²) in [6, 6.07) is -0.541. The van der Waals surface area contributed by atoms with E-state index < -0.39 is 95.3 Å². The lowest BCUT2D eigenvalue weighted by Crippen LogP contribution is -2.70. The van der Waals surface area contributed by atoms with Gasteiger partial charge in [-0.1, -0.05) is 75.7 Å². The number of rotatable bonds is 16. The molecule has 0 radical (unpaired) electrons. The highest BCUT2D eigenvalue weighted by atomic mass is 28.4. The van der Waals surface area contributed by atoms with E-state index in [1.165, 1.54) is 0 Å². The van der Waals surface area contributed by atoms with Gasteiger partial charge in [0.1, 0.15) is 0 Å². The van der Waals surface area contributed by atoms with Crippen molar-refractivity contribution in [2.24, 2.45) is 0 Å². The third-order valence-corrected chi connectivity index (χ3v) is 27.7. The van der Waals surface area contributed by atoms with Gasteiger partial charge in [-0.2, -0.15) is 52.7 Å². The zero-order valence-corrected chi connectivity index (χ0v) is 26.2. The van der Waals surface area contributed by atoms with E-state index in [0.29, 0.717) is 17.0 Å². The van der Waals surface area contributed by atoms with Crippen LogP contribution in [-0.4, -0.2) is 70.0 Å². The summed E-state index contributed by atoms with van der Waals surface area (Å²) >= 11 is 0. The van der Waals surface area contributed by atoms with Crippen LogP contribution in [0, 0.1) is 0 Å². The maximum absolute atomic E-state index is 14.7. The first-order valence-corrected chi connectivity index (χ1v) is 24.2. The molecular formula is C20H38F12Si4. The van der Waals surface area contributed by atoms with E-state index in [9.17, 15) is 52.7 Å². The minimum absolute atomic E-state index is 0.541. The Bertz CT molecular complexity index is 670. The van der Waals surface area contributed by atoms with Crippen molar-refractivity contribution in [1.29, 1.82) is 0 Å². The van der Waals surface area contributed by atoms with Gasteiger partial charge < -0.3 is 0 Å². The molecule has 0 amide bonds. The Kier molecular flexibility index (Phi) is 12.1. The lowest BCUT2D eigenvalue weighted by Gasteiger charge is -2.42. The summed E-state index contributed by atoms with van der Waals surface area (Å²) in [5.74, 6) is -40.5. The molecule has 0 aromatic heterocycles. The number of hydrogen-bond acceptors (Lipinski definition) is 0. The molecule has 0 saturated carbocycles. The SMILES string of the molecule is CCCC(F)(F)C(F)(F)C(F)(F)C(F)(F)C(F)(F)C(F)(F)CC[Si](C[SiH](C)C)(C[SiH](C)C)C[SiH](C)C. The van der Waals surface area contributed by atoms with Crippen molar-refractivity contribution >= 4 is 34.5 Å². The normalized spacial score (nSPS) is 15.5. The first-order valence-electron chi connectivity index (χ1n) is 12.0. The van der Waals surface area contributed by atoms with Crippen molar-refractivity contribution in [1.82, 2.24) is 0 Å². The van der Waals surface area contributed by atoms with Crippen LogP contribution in [0.4, 0.5) is 52.7 Å². The number of alkyl halides is 12. The molecule has 0 atom stereocenters. The predicted octanol–water partition coefficient (Wildman–Crippen LogP) is 8.51. The molecule has 0 fully saturated rings. The van der Waals surface area contributed by atoms with Crippen LogP contribution in [0.5, 0.6) is 0 Å². The van der Waals surface area contributed by atoms with Crippen molar-refractivity contribution < 1.29 is 52.7 Å². The summed E-state index contributed by atoms with van der Waals surface area (Å²) in [7, 11) is -6.97. The molecule has 0 aliphatic rings. The third kappa shape index (κ3) is 7.36. The minimum atomic E-state index is -7.44. The number of halogens is 12. The summed E-state index contributed by atoms with van der Waals surface area (Å²) in [4.78, 5) is 0. The number of hydrogen-bond donors (Lipinski definition) is 0. The van der Waals surface area contributed by atoms with Crippen LogP contribution in [0.3, 0.4) is 0 Å². The van der Waals surface area contributed by atoms with Crippen molar-refractivity contribution in [2.45, 2.75) is 124 Å². The second kappa shape index (κ2) is 12.0. The Balaban J connectivity index is 6.40. The van der Waals surface area contributed by atoms with Gasteiger partial charge in [0.2, 0.25) is 0 Å². The van der Waals surface area contributed by atoms with Crippen LogP contribution in [0.1, 0.15) is 26.2 Å². The first kappa shape index (κ1) is 36.0. The van der Waals surface area contributed by atoms with Gasteiger partial charge in [-0.15, -0.1) is 0 Å². The molecular weight excluding hydrogens is 581 g/mol. The van der Waals surface area contributed by atoms with Gasteiger partial charge in [0.25, 0.3) is 0 Å². The summed E-state index contributed by atoms with van der Waals surface area (Å²) in [6.07, 6.45) is -4.79. The van der Waals surface area contributed by atoms with Gasteiger partial charge in [-0.05, 0) is 0 Å². The van der Waals surface area contributed by atoms with Gasteiger partial charge in [-0.25, -0.2) is 0 Å². The zero-order chi connectivity index (χ0) is 29.2. The van der Waals surface area contributed by atoms with Gasteiger partial charge in [0.05, 0.1) is 0 Å². The van der Waals surface area contributed by atoms with Gasteiger partial charge in [0, 0.05) is 47.3 Å². The van der Waals surface area contributed by atoms with Gasteiger partial charge in [0.15, 0.2) is 0 Å². The van der Waals surface area contributed by atoms with Crippen LogP contribution in [-0.2, 0) is 0 Å². The Labute approximate surface area is 211 Å². The summed E-state index contributed by atoms with van der Waals surface area (Å²) in [5.41, 5.74) is 1.75. The zero-order valence-electron chi connectivity index (χ0n) is 21.7. The highest BCUT2D eigenvalue weighted by Crippen LogP contribution is 2.61. The summed E-state index contributed by atoms with van der Waals surface area (Å²) in [5, 5.41) is 0. The average molecular weight is 619 g/mol. The molecule has 0 unspecified atom stereocenters. The minimum Gasteiger partial charge on any atom is -0.200 e. The van der Waals surface area contributed by atoms with E-state index in [1.54, 1.807) is 0 Å². The molecule has 0 rings (SSSR count). The molecule has 0 saturated heterocycles. The monoisotopic (exact) mass is 618 g/mol. The Morgan fingerprint density at radius 2 is 0.750 bits per heavy atom. The van der Waals surface area contributed by atoms with Crippen LogP contribution in [0.15, 0.2) is 0 Å². The quantitative estimate of drug-likeness (QED) is 0.120. The van der Waals surface area contributed by atoms with Crippen LogP contribution < -0.4 is 0 Å². The molecule has 0 nitrogen and oxygen atoms in total. The van der Waals surface area contributed by atoms with E-state index in [-0.39, 0.29) is 0 Å². The fourth-order valence-electron chi connectivity index (χ4n) is 5.06. The fraction of sp³-hybridized carbons (Fsp3) is 1.00. The molecule has 0 spiro atoms. The maximum atomic E-state index is 14.7. The van der Waals surface area contributed by atoms with Gasteiger partial charge in [-0.3, -0.25) is 0 Å². The van der Waals surface area contributed by atoms with Crippen molar-refractivity contribution in [3.8, 4) is 0 Å². The highest BCUT2D eigenvalue weighted by molar-refractivity contribution is 7.00. The lowest BCUT2D eigenvalue weighted by molar-refractivity contribution is -0.425. The molecule has 36 heavy (non-hydrogen) atoms. The second-order valence-corrected chi connectivity index (χ2v) is 28.0. The van der Waals surface area contributed by atoms with Gasteiger partial charge >= 0.3 is 35.5 Å². The van der Waals surface area contributed by atoms with Crippen LogP contribution >= 0.6 is 0 Å². The van der Waals surface area contributed by atoms with E-state index in [2.05, 4.69) is 0 Å². The molecule has 0 N–H and O–H groups in total. The molecule has 218 valence electrons. The molecule has 0 aliphatic heterocycles. The average Bonchev–Trinajstić information content (AvgIpc) is 2.64. The third-order valence-electron chi connectivity index (χ3n) is 6.16. The van der Waals surface area contributed by atoms with E-state index in [1.807, 2.05) is 39.3 Å². The predicted molar refractivity (Wildman–Crippen MR) is 131 cm³/mol. The lowest BCUT2D eigenvalue weighted by atomic mass is 9.89. The Hall–Kier alpha value is 0.0275. The molecule has 0 heterocycles. The molecule has 0 bridgehead atoms. The molecule has 0 aromatic rings. The fourth-order valence-corrected chi connectivity index (χ4v) is 35.6. The highest BCUT2D eigenvalue weighted by Gasteiger charge is 2.89. The van der Waals surface area contributed by atoms with Crippen molar-refractivity contribution in [3.05, 3.63) is 0 Å².